The summed E-state index contributed by atoms with van der Waals surface area (Å²) in [6.07, 6.45) is 3.73. The molecule has 0 bridgehead atoms. The Morgan fingerprint density at radius 3 is 2.42 bits per heavy atom. The quantitative estimate of drug-likeness (QED) is 0.127. The van der Waals surface area contributed by atoms with E-state index in [-0.39, 0.29) is 58.3 Å². The lowest BCUT2D eigenvalue weighted by Gasteiger charge is -2.16. The summed E-state index contributed by atoms with van der Waals surface area (Å²) < 4.78 is 79.5. The molecule has 40 heavy (non-hydrogen) atoms. The zero-order valence-electron chi connectivity index (χ0n) is 23.5. The molecule has 11 heteroatoms. The van der Waals surface area contributed by atoms with Gasteiger partial charge in [-0.25, -0.2) is 26.3 Å². The Bertz CT molecular complexity index is 1510. The van der Waals surface area contributed by atoms with Crippen LogP contribution in [0.25, 0.3) is 22.0 Å². The van der Waals surface area contributed by atoms with Crippen molar-refractivity contribution in [1.82, 2.24) is 9.78 Å². The van der Waals surface area contributed by atoms with Crippen LogP contribution in [0.4, 0.5) is 13.2 Å². The van der Waals surface area contributed by atoms with Gasteiger partial charge in [0, 0.05) is 37.6 Å². The number of ketones is 1. The normalized spacial score (nSPS) is 14.9. The molecule has 0 aliphatic heterocycles. The number of aromatic nitrogens is 2. The van der Waals surface area contributed by atoms with Crippen LogP contribution in [0.5, 0.6) is 0 Å². The Hall–Kier alpha value is -2.50. The first-order valence-corrected chi connectivity index (χ1v) is 19.3. The average molecular weight is 595 g/mol. The third kappa shape index (κ3) is 6.86. The van der Waals surface area contributed by atoms with Crippen molar-refractivity contribution in [3.8, 4) is 11.1 Å². The van der Waals surface area contributed by atoms with Gasteiger partial charge in [-0.1, -0.05) is 51.5 Å². The van der Waals surface area contributed by atoms with E-state index in [9.17, 15) is 13.2 Å². The van der Waals surface area contributed by atoms with Gasteiger partial charge in [0.2, 0.25) is 0 Å². The second kappa shape index (κ2) is 12.2. The molecule has 0 unspecified atom stereocenters. The fraction of sp³-hybridized carbons (Fsp3) is 0.517. The monoisotopic (exact) mass is 594 g/mol. The predicted molar refractivity (Wildman–Crippen MR) is 153 cm³/mol. The Morgan fingerprint density at radius 2 is 1.77 bits per heavy atom. The molecule has 1 fully saturated rings. The van der Waals surface area contributed by atoms with Crippen molar-refractivity contribution in [3.05, 3.63) is 53.0 Å². The lowest BCUT2D eigenvalue weighted by molar-refractivity contribution is 0.0804. The highest BCUT2D eigenvalue weighted by atomic mass is 32.2. The second-order valence-electron chi connectivity index (χ2n) is 11.9. The number of halogens is 3. The van der Waals surface area contributed by atoms with Crippen LogP contribution in [0.2, 0.25) is 25.7 Å². The molecule has 0 radical (unpaired) electrons. The molecule has 0 saturated heterocycles. The summed E-state index contributed by atoms with van der Waals surface area (Å²) in [5.74, 6) is -4.00. The Labute approximate surface area is 234 Å². The molecule has 6 nitrogen and oxygen atoms in total. The molecule has 3 aromatic rings. The summed E-state index contributed by atoms with van der Waals surface area (Å²) in [5, 5.41) is 4.52. The zero-order valence-corrected chi connectivity index (χ0v) is 25.3. The Kier molecular flexibility index (Phi) is 9.26. The van der Waals surface area contributed by atoms with E-state index in [0.717, 1.165) is 43.9 Å². The number of Topliss-reactive ketones (excluding diaryl/α,β-unsaturated/α-hetero) is 1. The minimum absolute atomic E-state index is 0.0427. The third-order valence-corrected chi connectivity index (χ3v) is 10.9. The number of carbonyl (C=O) groups is 1. The molecule has 1 aliphatic carbocycles. The molecule has 0 atom stereocenters. The number of hydrogen-bond acceptors (Lipinski definition) is 5. The molecule has 0 N–H and O–H groups in total. The van der Waals surface area contributed by atoms with Gasteiger partial charge in [0.25, 0.3) is 0 Å². The van der Waals surface area contributed by atoms with Gasteiger partial charge >= 0.3 is 0 Å². The Morgan fingerprint density at radius 1 is 1.07 bits per heavy atom. The summed E-state index contributed by atoms with van der Waals surface area (Å²) in [4.78, 5) is 12.6. The van der Waals surface area contributed by atoms with E-state index < -0.39 is 46.7 Å². The summed E-state index contributed by atoms with van der Waals surface area (Å²) in [6, 6.07) is 5.56. The van der Waals surface area contributed by atoms with E-state index in [4.69, 9.17) is 4.74 Å². The first-order valence-electron chi connectivity index (χ1n) is 13.8. The lowest BCUT2D eigenvalue weighted by atomic mass is 9.99. The smallest absolute Gasteiger partial charge is 0.183 e. The molecule has 2 aromatic carbocycles. The average Bonchev–Trinajstić information content (AvgIpc) is 3.51. The minimum Gasteiger partial charge on any atom is -0.360 e. The SMILES string of the molecule is CCC(=O)c1nn(COCC[Si](C)(C)C)c2c(F)c(-c3c(F)ccc(CS(=O)(=O)CC4CCCC4)c3F)ccc12. The van der Waals surface area contributed by atoms with Gasteiger partial charge < -0.3 is 4.74 Å². The van der Waals surface area contributed by atoms with E-state index >= 15 is 13.2 Å². The van der Waals surface area contributed by atoms with Crippen molar-refractivity contribution in [3.63, 3.8) is 0 Å². The molecule has 0 spiro atoms. The van der Waals surface area contributed by atoms with Crippen molar-refractivity contribution in [2.24, 2.45) is 5.92 Å². The molecule has 0 amide bonds. The topological polar surface area (TPSA) is 78.3 Å². The van der Waals surface area contributed by atoms with Crippen molar-refractivity contribution in [2.75, 3.05) is 12.4 Å². The summed E-state index contributed by atoms with van der Waals surface area (Å²) in [6.45, 7) is 8.54. The molecule has 1 heterocycles. The largest absolute Gasteiger partial charge is 0.360 e. The van der Waals surface area contributed by atoms with Crippen LogP contribution in [-0.2, 0) is 27.1 Å². The number of hydrogen-bond donors (Lipinski definition) is 0. The number of benzene rings is 2. The van der Waals surface area contributed by atoms with Crippen LogP contribution in [0, 0.1) is 23.4 Å². The maximum absolute atomic E-state index is 16.1. The first kappa shape index (κ1) is 30.5. The number of ether oxygens (including phenoxy) is 1. The maximum atomic E-state index is 16.1. The molecule has 1 saturated carbocycles. The number of nitrogens with zero attached hydrogens (tertiary/aromatic N) is 2. The molecular weight excluding hydrogens is 557 g/mol. The number of rotatable bonds is 12. The summed E-state index contributed by atoms with van der Waals surface area (Å²) in [7, 11) is -5.04. The van der Waals surface area contributed by atoms with Crippen LogP contribution in [0.3, 0.4) is 0 Å². The van der Waals surface area contributed by atoms with Crippen molar-refractivity contribution >= 4 is 34.6 Å². The van der Waals surface area contributed by atoms with Crippen molar-refractivity contribution < 1.29 is 31.1 Å². The van der Waals surface area contributed by atoms with Crippen LogP contribution in [0.1, 0.15) is 55.1 Å². The van der Waals surface area contributed by atoms with Gasteiger partial charge in [-0.15, -0.1) is 0 Å². The first-order chi connectivity index (χ1) is 18.8. The third-order valence-electron chi connectivity index (χ3n) is 7.43. The minimum atomic E-state index is -3.66. The van der Waals surface area contributed by atoms with E-state index in [2.05, 4.69) is 24.7 Å². The van der Waals surface area contributed by atoms with E-state index in [1.54, 1.807) is 6.92 Å². The highest BCUT2D eigenvalue weighted by Crippen LogP contribution is 2.36. The zero-order chi connectivity index (χ0) is 29.2. The van der Waals surface area contributed by atoms with E-state index in [0.29, 0.717) is 6.61 Å². The fourth-order valence-corrected chi connectivity index (χ4v) is 7.83. The van der Waals surface area contributed by atoms with Gasteiger partial charge in [0.15, 0.2) is 21.4 Å². The van der Waals surface area contributed by atoms with Crippen LogP contribution in [0.15, 0.2) is 24.3 Å². The summed E-state index contributed by atoms with van der Waals surface area (Å²) in [5.41, 5.74) is -1.27. The van der Waals surface area contributed by atoms with E-state index in [1.165, 1.54) is 16.8 Å². The second-order valence-corrected chi connectivity index (χ2v) is 19.6. The van der Waals surface area contributed by atoms with E-state index in [1.807, 2.05) is 0 Å². The van der Waals surface area contributed by atoms with Gasteiger partial charge in [0.1, 0.15) is 29.6 Å². The summed E-state index contributed by atoms with van der Waals surface area (Å²) >= 11 is 0. The van der Waals surface area contributed by atoms with Crippen LogP contribution < -0.4 is 0 Å². The predicted octanol–water partition coefficient (Wildman–Crippen LogP) is 7.13. The Balaban J connectivity index is 1.74. The van der Waals surface area contributed by atoms with Crippen molar-refractivity contribution in [2.45, 2.75) is 77.2 Å². The molecule has 218 valence electrons. The van der Waals surface area contributed by atoms with Crippen molar-refractivity contribution in [1.29, 1.82) is 0 Å². The molecule has 1 aliphatic rings. The van der Waals surface area contributed by atoms with Gasteiger partial charge in [-0.2, -0.15) is 5.10 Å². The highest BCUT2D eigenvalue weighted by Gasteiger charge is 2.28. The van der Waals surface area contributed by atoms with Gasteiger partial charge in [-0.05, 0) is 36.9 Å². The molecule has 4 rings (SSSR count). The maximum Gasteiger partial charge on any atom is 0.183 e. The standard InChI is InChI=1S/C29H37F3N2O4SSi/c1-5-24(35)28-22-12-11-21(27(32)29(22)34(33-28)18-38-14-15-40(2,3)4)25-23(30)13-10-20(26(25)31)17-39(36,37)16-19-8-6-7-9-19/h10-13,19H,5-9,14-18H2,1-4H3. The number of fused-ring (bicyclic) bond motifs is 1. The van der Waals surface area contributed by atoms with Crippen LogP contribution >= 0.6 is 0 Å². The highest BCUT2D eigenvalue weighted by molar-refractivity contribution is 7.90. The van der Waals surface area contributed by atoms with Gasteiger partial charge in [0.05, 0.1) is 17.1 Å². The molecular formula is C29H37F3N2O4SSi. The van der Waals surface area contributed by atoms with Gasteiger partial charge in [-0.3, -0.25) is 4.79 Å². The molecule has 1 aromatic heterocycles. The lowest BCUT2D eigenvalue weighted by Crippen LogP contribution is -2.22. The number of carbonyl (C=O) groups excluding carboxylic acids is 1. The van der Waals surface area contributed by atoms with Crippen LogP contribution in [-0.4, -0.2) is 44.4 Å². The fourth-order valence-electron chi connectivity index (χ4n) is 5.21. The number of sulfone groups is 1.